The molecule has 0 radical (unpaired) electrons. The van der Waals surface area contributed by atoms with Crippen LogP contribution in [0.5, 0.6) is 5.75 Å². The van der Waals surface area contributed by atoms with Crippen LogP contribution in [0.2, 0.25) is 0 Å². The second-order valence-corrected chi connectivity index (χ2v) is 4.30. The first-order valence-electron chi connectivity index (χ1n) is 6.45. The molecule has 2 aromatic carbocycles. The van der Waals surface area contributed by atoms with Gasteiger partial charge in [0.1, 0.15) is 12.4 Å². The summed E-state index contributed by atoms with van der Waals surface area (Å²) in [5, 5.41) is 2.88. The SMILES string of the molecule is C=CCOc1cccc(C(=O)NCc2ccccc2)c1. The van der Waals surface area contributed by atoms with E-state index in [0.717, 1.165) is 5.56 Å². The first-order chi connectivity index (χ1) is 9.79. The largest absolute Gasteiger partial charge is 0.490 e. The molecule has 0 saturated carbocycles. The smallest absolute Gasteiger partial charge is 0.251 e. The lowest BCUT2D eigenvalue weighted by Crippen LogP contribution is -2.22. The Morgan fingerprint density at radius 1 is 1.15 bits per heavy atom. The van der Waals surface area contributed by atoms with Gasteiger partial charge in [0, 0.05) is 12.1 Å². The third kappa shape index (κ3) is 3.99. The van der Waals surface area contributed by atoms with Gasteiger partial charge in [-0.25, -0.2) is 0 Å². The highest BCUT2D eigenvalue weighted by Crippen LogP contribution is 2.13. The van der Waals surface area contributed by atoms with Crippen LogP contribution in [-0.2, 0) is 6.54 Å². The molecule has 0 heterocycles. The number of benzene rings is 2. The Morgan fingerprint density at radius 3 is 2.70 bits per heavy atom. The lowest BCUT2D eigenvalue weighted by Gasteiger charge is -2.07. The van der Waals surface area contributed by atoms with Crippen LogP contribution in [0.15, 0.2) is 67.3 Å². The molecule has 0 spiro atoms. The maximum atomic E-state index is 12.1. The summed E-state index contributed by atoms with van der Waals surface area (Å²) >= 11 is 0. The van der Waals surface area contributed by atoms with Crippen LogP contribution in [0.4, 0.5) is 0 Å². The third-order valence-corrected chi connectivity index (χ3v) is 2.76. The zero-order chi connectivity index (χ0) is 14.2. The standard InChI is InChI=1S/C17H17NO2/c1-2-11-20-16-10-6-9-15(12-16)17(19)18-13-14-7-4-3-5-8-14/h2-10,12H,1,11,13H2,(H,18,19). The number of carbonyl (C=O) groups excluding carboxylic acids is 1. The molecule has 0 bridgehead atoms. The fourth-order valence-corrected chi connectivity index (χ4v) is 1.76. The summed E-state index contributed by atoms with van der Waals surface area (Å²) in [4.78, 5) is 12.1. The minimum atomic E-state index is -0.113. The Bertz CT molecular complexity index is 579. The summed E-state index contributed by atoms with van der Waals surface area (Å²) in [6.45, 7) is 4.53. The molecule has 2 aromatic rings. The van der Waals surface area contributed by atoms with Crippen LogP contribution >= 0.6 is 0 Å². The molecule has 102 valence electrons. The zero-order valence-electron chi connectivity index (χ0n) is 11.2. The predicted molar refractivity (Wildman–Crippen MR) is 79.7 cm³/mol. The molecule has 0 aliphatic carbocycles. The maximum Gasteiger partial charge on any atom is 0.251 e. The van der Waals surface area contributed by atoms with Crippen LogP contribution in [0.3, 0.4) is 0 Å². The van der Waals surface area contributed by atoms with E-state index >= 15 is 0 Å². The maximum absolute atomic E-state index is 12.1. The molecule has 0 saturated heterocycles. The molecule has 1 N–H and O–H groups in total. The first-order valence-corrected chi connectivity index (χ1v) is 6.45. The minimum absolute atomic E-state index is 0.113. The lowest BCUT2D eigenvalue weighted by atomic mass is 10.2. The van der Waals surface area contributed by atoms with Crippen molar-refractivity contribution in [3.8, 4) is 5.75 Å². The van der Waals surface area contributed by atoms with Crippen LogP contribution in [0.1, 0.15) is 15.9 Å². The molecular weight excluding hydrogens is 250 g/mol. The molecule has 20 heavy (non-hydrogen) atoms. The number of ether oxygens (including phenoxy) is 1. The molecule has 0 unspecified atom stereocenters. The Morgan fingerprint density at radius 2 is 1.95 bits per heavy atom. The van der Waals surface area contributed by atoms with Crippen molar-refractivity contribution in [1.82, 2.24) is 5.32 Å². The van der Waals surface area contributed by atoms with E-state index in [-0.39, 0.29) is 5.91 Å². The minimum Gasteiger partial charge on any atom is -0.490 e. The van der Waals surface area contributed by atoms with E-state index < -0.39 is 0 Å². The topological polar surface area (TPSA) is 38.3 Å². The number of hydrogen-bond acceptors (Lipinski definition) is 2. The fourth-order valence-electron chi connectivity index (χ4n) is 1.76. The summed E-state index contributed by atoms with van der Waals surface area (Å²) in [6, 6.07) is 16.9. The van der Waals surface area contributed by atoms with E-state index in [1.807, 2.05) is 36.4 Å². The van der Waals surface area contributed by atoms with Gasteiger partial charge in [-0.05, 0) is 23.8 Å². The van der Waals surface area contributed by atoms with E-state index in [0.29, 0.717) is 24.5 Å². The van der Waals surface area contributed by atoms with Crippen molar-refractivity contribution < 1.29 is 9.53 Å². The van der Waals surface area contributed by atoms with Gasteiger partial charge in [0.25, 0.3) is 5.91 Å². The summed E-state index contributed by atoms with van der Waals surface area (Å²) < 4.78 is 5.41. The van der Waals surface area contributed by atoms with Crippen LogP contribution < -0.4 is 10.1 Å². The zero-order valence-corrected chi connectivity index (χ0v) is 11.2. The summed E-state index contributed by atoms with van der Waals surface area (Å²) in [6.07, 6.45) is 1.67. The Balaban J connectivity index is 1.96. The van der Waals surface area contributed by atoms with Gasteiger partial charge in [-0.15, -0.1) is 0 Å². The van der Waals surface area contributed by atoms with Gasteiger partial charge in [-0.3, -0.25) is 4.79 Å². The number of amides is 1. The van der Waals surface area contributed by atoms with Crippen molar-refractivity contribution >= 4 is 5.91 Å². The van der Waals surface area contributed by atoms with E-state index in [9.17, 15) is 4.79 Å². The van der Waals surface area contributed by atoms with E-state index in [4.69, 9.17) is 4.74 Å². The van der Waals surface area contributed by atoms with Gasteiger partial charge < -0.3 is 10.1 Å². The molecule has 0 aliphatic heterocycles. The van der Waals surface area contributed by atoms with Gasteiger partial charge in [-0.2, -0.15) is 0 Å². The summed E-state index contributed by atoms with van der Waals surface area (Å²) in [7, 11) is 0. The molecule has 0 aromatic heterocycles. The van der Waals surface area contributed by atoms with Crippen molar-refractivity contribution in [3.63, 3.8) is 0 Å². The van der Waals surface area contributed by atoms with E-state index in [1.54, 1.807) is 24.3 Å². The number of hydrogen-bond donors (Lipinski definition) is 1. The van der Waals surface area contributed by atoms with Crippen LogP contribution in [-0.4, -0.2) is 12.5 Å². The molecule has 1 amide bonds. The van der Waals surface area contributed by atoms with Crippen LogP contribution in [0, 0.1) is 0 Å². The molecular formula is C17H17NO2. The number of nitrogens with one attached hydrogen (secondary N) is 1. The van der Waals surface area contributed by atoms with Gasteiger partial charge in [0.15, 0.2) is 0 Å². The quantitative estimate of drug-likeness (QED) is 0.816. The fraction of sp³-hybridized carbons (Fsp3) is 0.118. The number of carbonyl (C=O) groups is 1. The molecule has 3 nitrogen and oxygen atoms in total. The summed E-state index contributed by atoms with van der Waals surface area (Å²) in [5.74, 6) is 0.551. The normalized spacial score (nSPS) is 9.80. The van der Waals surface area contributed by atoms with Crippen molar-refractivity contribution in [1.29, 1.82) is 0 Å². The van der Waals surface area contributed by atoms with Crippen molar-refractivity contribution in [2.75, 3.05) is 6.61 Å². The van der Waals surface area contributed by atoms with Crippen molar-refractivity contribution in [3.05, 3.63) is 78.4 Å². The predicted octanol–water partition coefficient (Wildman–Crippen LogP) is 3.18. The average molecular weight is 267 g/mol. The average Bonchev–Trinajstić information content (AvgIpc) is 2.52. The Labute approximate surface area is 118 Å². The van der Waals surface area contributed by atoms with Crippen molar-refractivity contribution in [2.45, 2.75) is 6.54 Å². The molecule has 0 atom stereocenters. The first kappa shape index (κ1) is 13.9. The van der Waals surface area contributed by atoms with E-state index in [1.165, 1.54) is 0 Å². The van der Waals surface area contributed by atoms with Gasteiger partial charge in [0.2, 0.25) is 0 Å². The number of rotatable bonds is 6. The lowest BCUT2D eigenvalue weighted by molar-refractivity contribution is 0.0950. The third-order valence-electron chi connectivity index (χ3n) is 2.76. The highest BCUT2D eigenvalue weighted by molar-refractivity contribution is 5.94. The molecule has 3 heteroatoms. The van der Waals surface area contributed by atoms with Gasteiger partial charge in [0.05, 0.1) is 0 Å². The molecule has 0 fully saturated rings. The highest BCUT2D eigenvalue weighted by atomic mass is 16.5. The second-order valence-electron chi connectivity index (χ2n) is 4.30. The Kier molecular flexibility index (Phi) is 4.95. The highest BCUT2D eigenvalue weighted by Gasteiger charge is 2.06. The molecule has 0 aliphatic rings. The Hall–Kier alpha value is -2.55. The van der Waals surface area contributed by atoms with E-state index in [2.05, 4.69) is 11.9 Å². The second kappa shape index (κ2) is 7.14. The van der Waals surface area contributed by atoms with Crippen molar-refractivity contribution in [2.24, 2.45) is 0 Å². The van der Waals surface area contributed by atoms with Gasteiger partial charge in [-0.1, -0.05) is 49.1 Å². The summed E-state index contributed by atoms with van der Waals surface area (Å²) in [5.41, 5.74) is 1.66. The monoisotopic (exact) mass is 267 g/mol. The van der Waals surface area contributed by atoms with Gasteiger partial charge >= 0.3 is 0 Å². The molecule has 2 rings (SSSR count). The van der Waals surface area contributed by atoms with Crippen LogP contribution in [0.25, 0.3) is 0 Å².